The molecule has 5 aromatic rings. The third-order valence-corrected chi connectivity index (χ3v) is 5.02. The van der Waals surface area contributed by atoms with Crippen LogP contribution < -0.4 is 5.73 Å². The van der Waals surface area contributed by atoms with Crippen LogP contribution in [0.25, 0.3) is 38.8 Å². The van der Waals surface area contributed by atoms with Crippen molar-refractivity contribution < 1.29 is 8.78 Å². The second-order valence-electron chi connectivity index (χ2n) is 6.99. The Kier molecular flexibility index (Phi) is 3.81. The van der Waals surface area contributed by atoms with Gasteiger partial charge in [-0.15, -0.1) is 0 Å². The second kappa shape index (κ2) is 6.38. The molecule has 5 rings (SSSR count). The van der Waals surface area contributed by atoms with Gasteiger partial charge in [0, 0.05) is 28.9 Å². The molecule has 0 aliphatic rings. The normalized spacial score (nSPS) is 11.4. The summed E-state index contributed by atoms with van der Waals surface area (Å²) in [6.45, 7) is 1.79. The summed E-state index contributed by atoms with van der Waals surface area (Å²) in [6.07, 6.45) is 1.86. The fraction of sp³-hybridized carbons (Fsp3) is 0.0435. The minimum absolute atomic E-state index is 0.278. The Hall–Kier alpha value is -3.80. The van der Waals surface area contributed by atoms with E-state index in [1.807, 2.05) is 48.7 Å². The number of benzene rings is 3. The molecule has 0 atom stereocenters. The molecular weight excluding hydrogens is 370 g/mol. The predicted octanol–water partition coefficient (Wildman–Crippen LogP) is 5.39. The van der Waals surface area contributed by atoms with Crippen molar-refractivity contribution >= 4 is 22.2 Å². The number of aromatic nitrogens is 3. The lowest BCUT2D eigenvalue weighted by Crippen LogP contribution is -1.93. The third-order valence-electron chi connectivity index (χ3n) is 5.02. The SMILES string of the molecule is Cc1nn2cc3ccc(-c4ccc(N)cc4)cc3nc2c1-c1ccc(F)cc1F. The van der Waals surface area contributed by atoms with Crippen LogP contribution in [0.2, 0.25) is 0 Å². The van der Waals surface area contributed by atoms with Gasteiger partial charge in [0.1, 0.15) is 11.6 Å². The van der Waals surface area contributed by atoms with Crippen LogP contribution >= 0.6 is 0 Å². The first kappa shape index (κ1) is 17.3. The van der Waals surface area contributed by atoms with Gasteiger partial charge < -0.3 is 5.73 Å². The molecule has 0 radical (unpaired) electrons. The van der Waals surface area contributed by atoms with Crippen LogP contribution in [0.5, 0.6) is 0 Å². The first-order valence-corrected chi connectivity index (χ1v) is 9.11. The van der Waals surface area contributed by atoms with Gasteiger partial charge in [0.05, 0.1) is 16.8 Å². The van der Waals surface area contributed by atoms with Crippen molar-refractivity contribution in [1.29, 1.82) is 0 Å². The maximum Gasteiger partial charge on any atom is 0.163 e. The van der Waals surface area contributed by atoms with Crippen molar-refractivity contribution in [1.82, 2.24) is 14.6 Å². The van der Waals surface area contributed by atoms with Gasteiger partial charge in [-0.25, -0.2) is 18.3 Å². The highest BCUT2D eigenvalue weighted by molar-refractivity contribution is 5.89. The highest BCUT2D eigenvalue weighted by atomic mass is 19.1. The first-order valence-electron chi connectivity index (χ1n) is 9.11. The minimum atomic E-state index is -0.638. The van der Waals surface area contributed by atoms with E-state index in [2.05, 4.69) is 5.10 Å². The monoisotopic (exact) mass is 386 g/mol. The van der Waals surface area contributed by atoms with Crippen molar-refractivity contribution in [2.24, 2.45) is 0 Å². The Balaban J connectivity index is 1.73. The van der Waals surface area contributed by atoms with Gasteiger partial charge in [0.15, 0.2) is 5.65 Å². The van der Waals surface area contributed by atoms with E-state index in [0.717, 1.165) is 28.1 Å². The summed E-state index contributed by atoms with van der Waals surface area (Å²) in [5.41, 5.74) is 11.2. The van der Waals surface area contributed by atoms with Crippen LogP contribution in [0.4, 0.5) is 14.5 Å². The summed E-state index contributed by atoms with van der Waals surface area (Å²) in [5.74, 6) is -1.26. The molecule has 6 heteroatoms. The number of nitrogens with zero attached hydrogens (tertiary/aromatic N) is 3. The molecule has 0 amide bonds. The van der Waals surface area contributed by atoms with Crippen LogP contribution in [-0.2, 0) is 0 Å². The number of nitrogen functional groups attached to an aromatic ring is 1. The second-order valence-corrected chi connectivity index (χ2v) is 6.99. The molecule has 0 spiro atoms. The first-order chi connectivity index (χ1) is 14.0. The summed E-state index contributed by atoms with van der Waals surface area (Å²) >= 11 is 0. The highest BCUT2D eigenvalue weighted by Crippen LogP contribution is 2.32. The molecule has 0 aliphatic carbocycles. The van der Waals surface area contributed by atoms with Crippen molar-refractivity contribution in [3.8, 4) is 22.3 Å². The Morgan fingerprint density at radius 1 is 0.897 bits per heavy atom. The van der Waals surface area contributed by atoms with Crippen molar-refractivity contribution in [2.75, 3.05) is 5.73 Å². The molecule has 142 valence electrons. The quantitative estimate of drug-likeness (QED) is 0.414. The van der Waals surface area contributed by atoms with E-state index < -0.39 is 11.6 Å². The van der Waals surface area contributed by atoms with E-state index in [0.29, 0.717) is 22.6 Å². The lowest BCUT2D eigenvalue weighted by Gasteiger charge is -2.06. The molecule has 0 bridgehead atoms. The van der Waals surface area contributed by atoms with Crippen LogP contribution in [0.3, 0.4) is 0 Å². The maximum atomic E-state index is 14.4. The number of rotatable bonds is 2. The van der Waals surface area contributed by atoms with Gasteiger partial charge in [-0.1, -0.05) is 24.3 Å². The number of aryl methyl sites for hydroxylation is 1. The lowest BCUT2D eigenvalue weighted by molar-refractivity contribution is 0.585. The molecule has 0 aliphatic heterocycles. The Labute approximate surface area is 165 Å². The minimum Gasteiger partial charge on any atom is -0.399 e. The van der Waals surface area contributed by atoms with Crippen LogP contribution in [0.1, 0.15) is 5.69 Å². The van der Waals surface area contributed by atoms with Crippen molar-refractivity contribution in [2.45, 2.75) is 6.92 Å². The molecule has 2 N–H and O–H groups in total. The predicted molar refractivity (Wildman–Crippen MR) is 110 cm³/mol. The van der Waals surface area contributed by atoms with Gasteiger partial charge in [-0.2, -0.15) is 5.10 Å². The fourth-order valence-corrected chi connectivity index (χ4v) is 3.59. The highest BCUT2D eigenvalue weighted by Gasteiger charge is 2.17. The summed E-state index contributed by atoms with van der Waals surface area (Å²) in [4.78, 5) is 4.76. The average Bonchev–Trinajstić information content (AvgIpc) is 3.01. The number of nitrogens with two attached hydrogens (primary N) is 1. The van der Waals surface area contributed by atoms with Gasteiger partial charge in [0.25, 0.3) is 0 Å². The molecule has 29 heavy (non-hydrogen) atoms. The van der Waals surface area contributed by atoms with Gasteiger partial charge in [-0.3, -0.25) is 0 Å². The summed E-state index contributed by atoms with van der Waals surface area (Å²) in [6, 6.07) is 17.1. The standard InChI is InChI=1S/C23H16F2N4/c1-13-22(19-9-6-17(24)11-20(19)25)23-27-21-10-15(14-4-7-18(26)8-5-14)2-3-16(21)12-29(23)28-13/h2-12H,26H2,1H3. The van der Waals surface area contributed by atoms with E-state index in [1.165, 1.54) is 12.1 Å². The zero-order valence-electron chi connectivity index (χ0n) is 15.5. The van der Waals surface area contributed by atoms with Crippen LogP contribution in [-0.4, -0.2) is 14.6 Å². The molecule has 0 unspecified atom stereocenters. The van der Waals surface area contributed by atoms with E-state index in [1.54, 1.807) is 11.4 Å². The van der Waals surface area contributed by atoms with Crippen molar-refractivity contribution in [3.63, 3.8) is 0 Å². The van der Waals surface area contributed by atoms with Gasteiger partial charge >= 0.3 is 0 Å². The van der Waals surface area contributed by atoms with Gasteiger partial charge in [0.2, 0.25) is 0 Å². The smallest absolute Gasteiger partial charge is 0.163 e. The summed E-state index contributed by atoms with van der Waals surface area (Å²) in [7, 11) is 0. The number of fused-ring (bicyclic) bond motifs is 2. The summed E-state index contributed by atoms with van der Waals surface area (Å²) < 4.78 is 29.4. The van der Waals surface area contributed by atoms with Crippen molar-refractivity contribution in [3.05, 3.63) is 84.2 Å². The molecule has 0 saturated carbocycles. The summed E-state index contributed by atoms with van der Waals surface area (Å²) in [5, 5.41) is 5.38. The number of hydrogen-bond donors (Lipinski definition) is 1. The van der Waals surface area contributed by atoms with Gasteiger partial charge in [-0.05, 0) is 48.4 Å². The Morgan fingerprint density at radius 2 is 1.66 bits per heavy atom. The van der Waals surface area contributed by atoms with Crippen LogP contribution in [0, 0.1) is 18.6 Å². The number of anilines is 1. The average molecular weight is 386 g/mol. The maximum absolute atomic E-state index is 14.4. The molecule has 3 aromatic carbocycles. The molecular formula is C23H16F2N4. The van der Waals surface area contributed by atoms with E-state index in [9.17, 15) is 8.78 Å². The lowest BCUT2D eigenvalue weighted by atomic mass is 10.0. The molecule has 4 nitrogen and oxygen atoms in total. The molecule has 0 fully saturated rings. The zero-order valence-corrected chi connectivity index (χ0v) is 15.5. The van der Waals surface area contributed by atoms with E-state index in [4.69, 9.17) is 10.7 Å². The Morgan fingerprint density at radius 3 is 2.41 bits per heavy atom. The molecule has 0 saturated heterocycles. The Bertz CT molecular complexity index is 1390. The topological polar surface area (TPSA) is 56.2 Å². The zero-order chi connectivity index (χ0) is 20.1. The third kappa shape index (κ3) is 2.89. The largest absolute Gasteiger partial charge is 0.399 e. The molecule has 2 heterocycles. The molecule has 2 aromatic heterocycles. The number of halogens is 2. The van der Waals surface area contributed by atoms with Crippen LogP contribution in [0.15, 0.2) is 66.9 Å². The van der Waals surface area contributed by atoms with E-state index >= 15 is 0 Å². The van der Waals surface area contributed by atoms with E-state index in [-0.39, 0.29) is 5.56 Å². The fourth-order valence-electron chi connectivity index (χ4n) is 3.59. The number of hydrogen-bond acceptors (Lipinski definition) is 3.